The van der Waals surface area contributed by atoms with Crippen LogP contribution in [0.2, 0.25) is 0 Å². The Morgan fingerprint density at radius 1 is 1.08 bits per heavy atom. The van der Waals surface area contributed by atoms with Gasteiger partial charge in [-0.2, -0.15) is 5.10 Å². The number of hydrazone groups is 1. The molecule has 0 unspecified atom stereocenters. The number of phenolic OH excluding ortho intramolecular Hbond substituents is 1. The topological polar surface area (TPSA) is 105 Å². The molecule has 0 saturated carbocycles. The predicted octanol–water partition coefficient (Wildman–Crippen LogP) is 3.22. The maximum absolute atomic E-state index is 12.1. The van der Waals surface area contributed by atoms with Crippen molar-refractivity contribution in [1.82, 2.24) is 5.43 Å². The summed E-state index contributed by atoms with van der Waals surface area (Å²) in [5.41, 5.74) is 2.30. The largest absolute Gasteiger partial charge is 0.507 e. The van der Waals surface area contributed by atoms with E-state index in [1.165, 1.54) is 36.5 Å². The van der Waals surface area contributed by atoms with E-state index < -0.39 is 10.8 Å². The molecule has 7 heteroatoms. The molecule has 0 bridgehead atoms. The highest BCUT2D eigenvalue weighted by molar-refractivity contribution is 6.03. The third-order valence-electron chi connectivity index (χ3n) is 3.65. The minimum absolute atomic E-state index is 0.0161. The van der Waals surface area contributed by atoms with E-state index in [2.05, 4.69) is 10.5 Å². The van der Waals surface area contributed by atoms with Crippen LogP contribution in [-0.4, -0.2) is 22.2 Å². The molecule has 1 amide bonds. The van der Waals surface area contributed by atoms with Crippen LogP contribution in [-0.2, 0) is 0 Å². The lowest BCUT2D eigenvalue weighted by Crippen LogP contribution is -2.19. The number of hydrogen-bond acceptors (Lipinski definition) is 5. The zero-order valence-electron chi connectivity index (χ0n) is 12.9. The van der Waals surface area contributed by atoms with Crippen molar-refractivity contribution in [1.29, 1.82) is 0 Å². The first-order valence-electron chi connectivity index (χ1n) is 7.35. The first-order valence-corrected chi connectivity index (χ1v) is 7.35. The summed E-state index contributed by atoms with van der Waals surface area (Å²) in [7, 11) is 0. The molecule has 0 radical (unpaired) electrons. The van der Waals surface area contributed by atoms with E-state index in [4.69, 9.17) is 0 Å². The molecule has 25 heavy (non-hydrogen) atoms. The third-order valence-corrected chi connectivity index (χ3v) is 3.65. The fourth-order valence-electron chi connectivity index (χ4n) is 2.46. The Bertz CT molecular complexity index is 999. The third kappa shape index (κ3) is 3.30. The standard InChI is InChI=1S/C18H13N3O4/c22-17-10-9-12-5-1-2-6-13(12)15(17)11-19-20-18(23)14-7-3-4-8-16(14)21(24)25/h1-11,22H,(H,20,23). The van der Waals surface area contributed by atoms with E-state index >= 15 is 0 Å². The molecule has 0 aliphatic carbocycles. The van der Waals surface area contributed by atoms with Gasteiger partial charge >= 0.3 is 0 Å². The molecule has 0 aliphatic rings. The second kappa shape index (κ2) is 6.79. The van der Waals surface area contributed by atoms with Crippen molar-refractivity contribution in [2.45, 2.75) is 0 Å². The van der Waals surface area contributed by atoms with Crippen LogP contribution in [0.15, 0.2) is 65.8 Å². The van der Waals surface area contributed by atoms with Crippen molar-refractivity contribution >= 4 is 28.6 Å². The number of carbonyl (C=O) groups is 1. The van der Waals surface area contributed by atoms with Crippen LogP contribution in [0.3, 0.4) is 0 Å². The average molecular weight is 335 g/mol. The number of nitrogens with one attached hydrogen (secondary N) is 1. The summed E-state index contributed by atoms with van der Waals surface area (Å²) in [6, 6.07) is 16.3. The van der Waals surface area contributed by atoms with Gasteiger partial charge in [0.05, 0.1) is 11.1 Å². The number of hydrogen-bond donors (Lipinski definition) is 2. The number of nitrogens with zero attached hydrogens (tertiary/aromatic N) is 2. The molecule has 0 atom stereocenters. The van der Waals surface area contributed by atoms with Gasteiger partial charge in [-0.25, -0.2) is 5.43 Å². The number of amides is 1. The van der Waals surface area contributed by atoms with Crippen molar-refractivity contribution in [2.24, 2.45) is 5.10 Å². The Balaban J connectivity index is 1.86. The summed E-state index contributed by atoms with van der Waals surface area (Å²) in [6.45, 7) is 0. The molecule has 2 N–H and O–H groups in total. The van der Waals surface area contributed by atoms with Crippen LogP contribution in [0.25, 0.3) is 10.8 Å². The summed E-state index contributed by atoms with van der Waals surface area (Å²) in [5, 5.41) is 26.5. The molecule has 3 rings (SSSR count). The minimum Gasteiger partial charge on any atom is -0.507 e. The van der Waals surface area contributed by atoms with Gasteiger partial charge in [-0.05, 0) is 22.9 Å². The molecule has 3 aromatic rings. The van der Waals surface area contributed by atoms with Crippen molar-refractivity contribution in [3.05, 3.63) is 81.9 Å². The maximum Gasteiger partial charge on any atom is 0.282 e. The number of benzene rings is 3. The SMILES string of the molecule is O=C(NN=Cc1c(O)ccc2ccccc12)c1ccccc1[N+](=O)[O-]. The Kier molecular flexibility index (Phi) is 4.38. The van der Waals surface area contributed by atoms with Crippen LogP contribution < -0.4 is 5.43 Å². The zero-order valence-corrected chi connectivity index (χ0v) is 12.9. The van der Waals surface area contributed by atoms with Crippen LogP contribution in [0.5, 0.6) is 5.75 Å². The number of phenols is 1. The van der Waals surface area contributed by atoms with E-state index in [-0.39, 0.29) is 17.0 Å². The molecule has 7 nitrogen and oxygen atoms in total. The van der Waals surface area contributed by atoms with E-state index in [9.17, 15) is 20.0 Å². The van der Waals surface area contributed by atoms with Gasteiger partial charge < -0.3 is 5.11 Å². The lowest BCUT2D eigenvalue weighted by molar-refractivity contribution is -0.385. The van der Waals surface area contributed by atoms with Crippen LogP contribution in [0, 0.1) is 10.1 Å². The van der Waals surface area contributed by atoms with Gasteiger partial charge in [0, 0.05) is 11.6 Å². The fraction of sp³-hybridized carbons (Fsp3) is 0. The van der Waals surface area contributed by atoms with Crippen molar-refractivity contribution in [2.75, 3.05) is 0 Å². The summed E-state index contributed by atoms with van der Waals surface area (Å²) < 4.78 is 0. The Labute approximate surface area is 142 Å². The zero-order chi connectivity index (χ0) is 17.8. The Hall–Kier alpha value is -3.74. The average Bonchev–Trinajstić information content (AvgIpc) is 2.63. The van der Waals surface area contributed by atoms with Gasteiger partial charge in [0.1, 0.15) is 11.3 Å². The lowest BCUT2D eigenvalue weighted by Gasteiger charge is -2.05. The fourth-order valence-corrected chi connectivity index (χ4v) is 2.46. The van der Waals surface area contributed by atoms with Gasteiger partial charge in [0.25, 0.3) is 11.6 Å². The summed E-state index contributed by atoms with van der Waals surface area (Å²) in [6.07, 6.45) is 1.31. The minimum atomic E-state index is -0.705. The normalized spacial score (nSPS) is 10.9. The number of para-hydroxylation sites is 1. The van der Waals surface area contributed by atoms with Crippen molar-refractivity contribution < 1.29 is 14.8 Å². The lowest BCUT2D eigenvalue weighted by atomic mass is 10.0. The molecule has 0 spiro atoms. The monoisotopic (exact) mass is 335 g/mol. The predicted molar refractivity (Wildman–Crippen MR) is 93.8 cm³/mol. The molecule has 0 fully saturated rings. The molecule has 0 saturated heterocycles. The molecule has 124 valence electrons. The smallest absolute Gasteiger partial charge is 0.282 e. The first kappa shape index (κ1) is 16.1. The molecule has 0 aliphatic heterocycles. The van der Waals surface area contributed by atoms with Gasteiger partial charge in [-0.1, -0.05) is 42.5 Å². The van der Waals surface area contributed by atoms with Gasteiger partial charge in [0.15, 0.2) is 0 Å². The van der Waals surface area contributed by atoms with E-state index in [0.717, 1.165) is 10.8 Å². The van der Waals surface area contributed by atoms with E-state index in [0.29, 0.717) is 5.56 Å². The van der Waals surface area contributed by atoms with Crippen LogP contribution >= 0.6 is 0 Å². The molecule has 0 heterocycles. The maximum atomic E-state index is 12.1. The quantitative estimate of drug-likeness (QED) is 0.434. The number of aromatic hydroxyl groups is 1. The van der Waals surface area contributed by atoms with Crippen molar-refractivity contribution in [3.63, 3.8) is 0 Å². The van der Waals surface area contributed by atoms with E-state index in [1.54, 1.807) is 6.07 Å². The highest BCUT2D eigenvalue weighted by Crippen LogP contribution is 2.25. The second-order valence-corrected chi connectivity index (χ2v) is 5.19. The number of nitro groups is 1. The summed E-state index contributed by atoms with van der Waals surface area (Å²) in [5.74, 6) is -0.689. The molecule has 0 aromatic heterocycles. The molecular weight excluding hydrogens is 322 g/mol. The number of rotatable bonds is 4. The second-order valence-electron chi connectivity index (χ2n) is 5.19. The van der Waals surface area contributed by atoms with E-state index in [1.807, 2.05) is 24.3 Å². The first-order chi connectivity index (χ1) is 12.1. The van der Waals surface area contributed by atoms with Crippen molar-refractivity contribution in [3.8, 4) is 5.75 Å². The molecular formula is C18H13N3O4. The number of fused-ring (bicyclic) bond motifs is 1. The Morgan fingerprint density at radius 3 is 2.60 bits per heavy atom. The highest BCUT2D eigenvalue weighted by Gasteiger charge is 2.18. The van der Waals surface area contributed by atoms with Crippen LogP contribution in [0.4, 0.5) is 5.69 Å². The van der Waals surface area contributed by atoms with Gasteiger partial charge in [0.2, 0.25) is 0 Å². The van der Waals surface area contributed by atoms with Crippen LogP contribution in [0.1, 0.15) is 15.9 Å². The molecule has 3 aromatic carbocycles. The number of carbonyl (C=O) groups excluding carboxylic acids is 1. The Morgan fingerprint density at radius 2 is 1.80 bits per heavy atom. The number of nitro benzene ring substituents is 1. The van der Waals surface area contributed by atoms with Gasteiger partial charge in [-0.3, -0.25) is 14.9 Å². The highest BCUT2D eigenvalue weighted by atomic mass is 16.6. The summed E-state index contributed by atoms with van der Waals surface area (Å²) in [4.78, 5) is 22.5. The van der Waals surface area contributed by atoms with Gasteiger partial charge in [-0.15, -0.1) is 0 Å². The summed E-state index contributed by atoms with van der Waals surface area (Å²) >= 11 is 0.